The van der Waals surface area contributed by atoms with Crippen molar-refractivity contribution in [1.29, 1.82) is 0 Å². The number of amides is 2. The minimum absolute atomic E-state index is 0.322. The number of hydrogen-bond acceptors (Lipinski definition) is 4. The topological polar surface area (TPSA) is 76.5 Å². The third-order valence-electron chi connectivity index (χ3n) is 4.45. The first-order valence-corrected chi connectivity index (χ1v) is 9.64. The average Bonchev–Trinajstić information content (AvgIpc) is 3.22. The van der Waals surface area contributed by atoms with Crippen LogP contribution in [0.5, 0.6) is 0 Å². The van der Waals surface area contributed by atoms with Gasteiger partial charge in [-0.05, 0) is 31.6 Å². The van der Waals surface area contributed by atoms with Crippen molar-refractivity contribution in [3.05, 3.63) is 46.8 Å². The molecule has 0 spiro atoms. The van der Waals surface area contributed by atoms with Gasteiger partial charge in [0, 0.05) is 18.2 Å². The highest BCUT2D eigenvalue weighted by molar-refractivity contribution is 6.31. The van der Waals surface area contributed by atoms with Gasteiger partial charge in [-0.25, -0.2) is 4.79 Å². The fraction of sp³-hybridized carbons (Fsp3) is 0.350. The molecule has 28 heavy (non-hydrogen) atoms. The molecule has 2 amide bonds. The Balaban J connectivity index is 1.73. The van der Waals surface area contributed by atoms with E-state index in [1.807, 2.05) is 6.92 Å². The number of carbonyl (C=O) groups is 2. The number of rotatable bonds is 7. The van der Waals surface area contributed by atoms with Gasteiger partial charge in [-0.3, -0.25) is 14.4 Å². The first kappa shape index (κ1) is 19.9. The largest absolute Gasteiger partial charge is 0.447 e. The van der Waals surface area contributed by atoms with Crippen LogP contribution in [-0.4, -0.2) is 34.9 Å². The number of nitrogens with one attached hydrogen (secondary N) is 1. The smallest absolute Gasteiger partial charge is 0.414 e. The van der Waals surface area contributed by atoms with Crippen molar-refractivity contribution in [2.75, 3.05) is 23.4 Å². The van der Waals surface area contributed by atoms with Crippen molar-refractivity contribution in [1.82, 2.24) is 9.78 Å². The second-order valence-corrected chi connectivity index (χ2v) is 6.83. The Morgan fingerprint density at radius 2 is 2.18 bits per heavy atom. The molecule has 0 radical (unpaired) electrons. The van der Waals surface area contributed by atoms with E-state index in [0.29, 0.717) is 29.7 Å². The molecule has 1 fully saturated rings. The highest BCUT2D eigenvalue weighted by Crippen LogP contribution is 2.28. The van der Waals surface area contributed by atoms with Crippen molar-refractivity contribution < 1.29 is 14.3 Å². The fourth-order valence-electron chi connectivity index (χ4n) is 2.97. The van der Waals surface area contributed by atoms with Crippen molar-refractivity contribution >= 4 is 41.1 Å². The number of cyclic esters (lactones) is 1. The summed E-state index contributed by atoms with van der Waals surface area (Å²) in [6.45, 7) is 5.50. The van der Waals surface area contributed by atoms with Crippen LogP contribution in [0.15, 0.2) is 30.3 Å². The van der Waals surface area contributed by atoms with Gasteiger partial charge in [-0.1, -0.05) is 37.1 Å². The van der Waals surface area contributed by atoms with Crippen molar-refractivity contribution in [3.8, 4) is 0 Å². The molecule has 0 unspecified atom stereocenters. The van der Waals surface area contributed by atoms with Crippen LogP contribution in [0.4, 0.5) is 16.2 Å². The molecule has 7 nitrogen and oxygen atoms in total. The zero-order valence-electron chi connectivity index (χ0n) is 15.9. The molecule has 0 aliphatic carbocycles. The summed E-state index contributed by atoms with van der Waals surface area (Å²) < 4.78 is 6.73. The Kier molecular flexibility index (Phi) is 6.36. The Morgan fingerprint density at radius 3 is 2.89 bits per heavy atom. The molecule has 1 saturated heterocycles. The quantitative estimate of drug-likeness (QED) is 0.702. The van der Waals surface area contributed by atoms with E-state index in [1.165, 1.54) is 11.0 Å². The maximum Gasteiger partial charge on any atom is 0.414 e. The zero-order valence-corrected chi connectivity index (χ0v) is 16.7. The Labute approximate surface area is 168 Å². The SMILES string of the molecule is CCCCn1nc(C)c(C=CC(=O)Nc2ccccc2N2CCOC2=O)c1Cl. The third kappa shape index (κ3) is 4.36. The van der Waals surface area contributed by atoms with Crippen LogP contribution >= 0.6 is 11.6 Å². The highest BCUT2D eigenvalue weighted by Gasteiger charge is 2.25. The molecule has 0 atom stereocenters. The lowest BCUT2D eigenvalue weighted by molar-refractivity contribution is -0.111. The lowest BCUT2D eigenvalue weighted by Crippen LogP contribution is -2.25. The monoisotopic (exact) mass is 402 g/mol. The number of para-hydroxylation sites is 2. The molecule has 1 aliphatic rings. The summed E-state index contributed by atoms with van der Waals surface area (Å²) in [5.41, 5.74) is 2.64. The predicted molar refractivity (Wildman–Crippen MR) is 110 cm³/mol. The molecule has 148 valence electrons. The van der Waals surface area contributed by atoms with Crippen LogP contribution in [-0.2, 0) is 16.1 Å². The van der Waals surface area contributed by atoms with Crippen LogP contribution in [0.3, 0.4) is 0 Å². The van der Waals surface area contributed by atoms with Crippen LogP contribution in [0.1, 0.15) is 31.0 Å². The number of nitrogens with zero attached hydrogens (tertiary/aromatic N) is 3. The number of halogens is 1. The number of ether oxygens (including phenoxy) is 1. The molecule has 1 aliphatic heterocycles. The molecule has 8 heteroatoms. The van der Waals surface area contributed by atoms with Crippen LogP contribution < -0.4 is 10.2 Å². The van der Waals surface area contributed by atoms with Crippen LogP contribution in [0, 0.1) is 6.92 Å². The van der Waals surface area contributed by atoms with Crippen LogP contribution in [0.25, 0.3) is 6.08 Å². The van der Waals surface area contributed by atoms with Gasteiger partial charge >= 0.3 is 6.09 Å². The van der Waals surface area contributed by atoms with Gasteiger partial charge in [0.25, 0.3) is 0 Å². The molecule has 2 aromatic rings. The zero-order chi connectivity index (χ0) is 20.1. The van der Waals surface area contributed by atoms with E-state index in [0.717, 1.165) is 30.6 Å². The van der Waals surface area contributed by atoms with E-state index in [1.54, 1.807) is 35.0 Å². The van der Waals surface area contributed by atoms with Gasteiger partial charge in [0.1, 0.15) is 11.8 Å². The number of benzene rings is 1. The number of aryl methyl sites for hydroxylation is 2. The summed E-state index contributed by atoms with van der Waals surface area (Å²) in [6.07, 6.45) is 4.69. The van der Waals surface area contributed by atoms with Gasteiger partial charge in [0.05, 0.1) is 23.6 Å². The van der Waals surface area contributed by atoms with Gasteiger partial charge in [-0.2, -0.15) is 5.10 Å². The normalized spacial score (nSPS) is 14.0. The molecule has 2 heterocycles. The molecule has 1 N–H and O–H groups in total. The summed E-state index contributed by atoms with van der Waals surface area (Å²) in [7, 11) is 0. The predicted octanol–water partition coefficient (Wildman–Crippen LogP) is 4.25. The second-order valence-electron chi connectivity index (χ2n) is 6.47. The Hall–Kier alpha value is -2.80. The van der Waals surface area contributed by atoms with E-state index < -0.39 is 6.09 Å². The summed E-state index contributed by atoms with van der Waals surface area (Å²) in [5.74, 6) is -0.322. The molecule has 3 rings (SSSR count). The van der Waals surface area contributed by atoms with Gasteiger partial charge < -0.3 is 10.1 Å². The van der Waals surface area contributed by atoms with E-state index in [-0.39, 0.29) is 5.91 Å². The number of hydrogen-bond donors (Lipinski definition) is 1. The molecule has 1 aromatic heterocycles. The molecular formula is C20H23ClN4O3. The number of aromatic nitrogens is 2. The third-order valence-corrected chi connectivity index (χ3v) is 4.85. The second kappa shape index (κ2) is 8.93. The molecular weight excluding hydrogens is 380 g/mol. The van der Waals surface area contributed by atoms with Gasteiger partial charge in [-0.15, -0.1) is 0 Å². The number of unbranched alkanes of at least 4 members (excludes halogenated alkanes) is 1. The van der Waals surface area contributed by atoms with E-state index in [9.17, 15) is 9.59 Å². The number of anilines is 2. The Bertz CT molecular complexity index is 907. The molecule has 0 bridgehead atoms. The lowest BCUT2D eigenvalue weighted by atomic mass is 10.2. The minimum atomic E-state index is -0.417. The standard InChI is InChI=1S/C20H23ClN4O3/c1-3-4-11-25-19(21)15(14(2)23-25)9-10-18(26)22-16-7-5-6-8-17(16)24-12-13-28-20(24)27/h5-10H,3-4,11-13H2,1-2H3,(H,22,26). The highest BCUT2D eigenvalue weighted by atomic mass is 35.5. The minimum Gasteiger partial charge on any atom is -0.447 e. The Morgan fingerprint density at radius 1 is 1.39 bits per heavy atom. The van der Waals surface area contributed by atoms with Crippen molar-refractivity contribution in [3.63, 3.8) is 0 Å². The van der Waals surface area contributed by atoms with Crippen LogP contribution in [0.2, 0.25) is 5.15 Å². The van der Waals surface area contributed by atoms with E-state index >= 15 is 0 Å². The summed E-state index contributed by atoms with van der Waals surface area (Å²) >= 11 is 6.40. The molecule has 0 saturated carbocycles. The number of carbonyl (C=O) groups excluding carboxylic acids is 2. The maximum absolute atomic E-state index is 12.4. The summed E-state index contributed by atoms with van der Waals surface area (Å²) in [4.78, 5) is 25.8. The molecule has 1 aromatic carbocycles. The maximum atomic E-state index is 12.4. The lowest BCUT2D eigenvalue weighted by Gasteiger charge is -2.17. The van der Waals surface area contributed by atoms with Gasteiger partial charge in [0.2, 0.25) is 5.91 Å². The average molecular weight is 403 g/mol. The summed E-state index contributed by atoms with van der Waals surface area (Å²) in [5, 5.41) is 7.76. The van der Waals surface area contributed by atoms with Gasteiger partial charge in [0.15, 0.2) is 0 Å². The van der Waals surface area contributed by atoms with E-state index in [4.69, 9.17) is 16.3 Å². The van der Waals surface area contributed by atoms with E-state index in [2.05, 4.69) is 17.3 Å². The van der Waals surface area contributed by atoms with Crippen molar-refractivity contribution in [2.24, 2.45) is 0 Å². The first-order valence-electron chi connectivity index (χ1n) is 9.26. The van der Waals surface area contributed by atoms with Crippen molar-refractivity contribution in [2.45, 2.75) is 33.2 Å². The first-order chi connectivity index (χ1) is 13.5. The summed E-state index contributed by atoms with van der Waals surface area (Å²) in [6, 6.07) is 7.11. The fourth-order valence-corrected chi connectivity index (χ4v) is 3.29.